The molecular formula is C4H4F8O6P2. The van der Waals surface area contributed by atoms with Crippen LogP contribution in [0.1, 0.15) is 0 Å². The predicted molar refractivity (Wildman–Crippen MR) is 43.9 cm³/mol. The smallest absolute Gasteiger partial charge is 0.320 e. The van der Waals surface area contributed by atoms with Crippen molar-refractivity contribution in [2.45, 2.75) is 23.2 Å². The molecule has 0 aliphatic heterocycles. The van der Waals surface area contributed by atoms with E-state index in [4.69, 9.17) is 19.6 Å². The lowest BCUT2D eigenvalue weighted by molar-refractivity contribution is -0.332. The minimum atomic E-state index is -7.45. The fourth-order valence-electron chi connectivity index (χ4n) is 0.744. The number of halogens is 8. The van der Waals surface area contributed by atoms with Gasteiger partial charge in [0.15, 0.2) is 0 Å². The van der Waals surface area contributed by atoms with Crippen molar-refractivity contribution in [1.82, 2.24) is 0 Å². The van der Waals surface area contributed by atoms with E-state index in [9.17, 15) is 44.3 Å². The maximum Gasteiger partial charge on any atom is 0.413 e. The van der Waals surface area contributed by atoms with Gasteiger partial charge >= 0.3 is 38.4 Å². The van der Waals surface area contributed by atoms with Crippen LogP contribution in [-0.2, 0) is 9.13 Å². The molecule has 0 spiro atoms. The minimum Gasteiger partial charge on any atom is -0.320 e. The highest BCUT2D eigenvalue weighted by atomic mass is 31.2. The van der Waals surface area contributed by atoms with E-state index in [0.29, 0.717) is 0 Å². The molecule has 0 aliphatic rings. The molecule has 0 amide bonds. The topological polar surface area (TPSA) is 115 Å². The Morgan fingerprint density at radius 2 is 0.700 bits per heavy atom. The summed E-state index contributed by atoms with van der Waals surface area (Å²) in [7, 11) is -14.7. The van der Waals surface area contributed by atoms with Gasteiger partial charge in [0.2, 0.25) is 0 Å². The molecule has 0 aromatic carbocycles. The van der Waals surface area contributed by atoms with Gasteiger partial charge in [-0.15, -0.1) is 0 Å². The van der Waals surface area contributed by atoms with Gasteiger partial charge in [0.05, 0.1) is 0 Å². The lowest BCUT2D eigenvalue weighted by atomic mass is 10.2. The molecule has 0 aromatic heterocycles. The van der Waals surface area contributed by atoms with Gasteiger partial charge in [-0.25, -0.2) is 0 Å². The van der Waals surface area contributed by atoms with Crippen LogP contribution < -0.4 is 0 Å². The number of hydrogen-bond acceptors (Lipinski definition) is 2. The van der Waals surface area contributed by atoms with Crippen LogP contribution in [0.2, 0.25) is 0 Å². The molecule has 0 heterocycles. The third-order valence-electron chi connectivity index (χ3n) is 1.88. The number of alkyl halides is 8. The summed E-state index contributed by atoms with van der Waals surface area (Å²) in [5.74, 6) is -14.9. The highest BCUT2D eigenvalue weighted by molar-refractivity contribution is 7.53. The van der Waals surface area contributed by atoms with E-state index in [1.165, 1.54) is 0 Å². The molecule has 0 rings (SSSR count). The highest BCUT2D eigenvalue weighted by Crippen LogP contribution is 2.70. The average molecular weight is 362 g/mol. The SMILES string of the molecule is O=P(O)(O)C(F)(F)C(F)(F)C(F)(F)C(F)(F)P(=O)(O)O. The molecule has 0 aliphatic carbocycles. The van der Waals surface area contributed by atoms with Gasteiger partial charge in [-0.2, -0.15) is 35.1 Å². The zero-order chi connectivity index (χ0) is 17.0. The lowest BCUT2D eigenvalue weighted by Gasteiger charge is -2.36. The first-order valence-electron chi connectivity index (χ1n) is 3.87. The Labute approximate surface area is 103 Å². The first-order valence-corrected chi connectivity index (χ1v) is 7.10. The van der Waals surface area contributed by atoms with Crippen LogP contribution in [-0.4, -0.2) is 42.7 Å². The lowest BCUT2D eigenvalue weighted by Crippen LogP contribution is -2.61. The van der Waals surface area contributed by atoms with Gasteiger partial charge in [-0.3, -0.25) is 9.13 Å². The maximum absolute atomic E-state index is 12.7. The fraction of sp³-hybridized carbons (Fsp3) is 1.00. The Morgan fingerprint density at radius 1 is 0.550 bits per heavy atom. The minimum absolute atomic E-state index is 7.00. The van der Waals surface area contributed by atoms with Gasteiger partial charge in [0.1, 0.15) is 0 Å². The van der Waals surface area contributed by atoms with E-state index in [1.54, 1.807) is 0 Å². The van der Waals surface area contributed by atoms with Crippen molar-refractivity contribution in [3.8, 4) is 0 Å². The summed E-state index contributed by atoms with van der Waals surface area (Å²) in [5.41, 5.74) is -14.0. The molecule has 0 radical (unpaired) electrons. The largest absolute Gasteiger partial charge is 0.413 e. The Hall–Kier alpha value is -0.260. The molecule has 0 saturated heterocycles. The van der Waals surface area contributed by atoms with E-state index in [1.807, 2.05) is 0 Å². The van der Waals surface area contributed by atoms with Gasteiger partial charge < -0.3 is 19.6 Å². The zero-order valence-electron chi connectivity index (χ0n) is 8.52. The monoisotopic (exact) mass is 362 g/mol. The normalized spacial score (nSPS) is 16.4. The maximum atomic E-state index is 12.7. The second-order valence-corrected chi connectivity index (χ2v) is 6.62. The van der Waals surface area contributed by atoms with Gasteiger partial charge in [0.25, 0.3) is 0 Å². The van der Waals surface area contributed by atoms with Crippen LogP contribution in [0.15, 0.2) is 0 Å². The van der Waals surface area contributed by atoms with Crippen molar-refractivity contribution < 1.29 is 63.8 Å². The van der Waals surface area contributed by atoms with Crippen molar-refractivity contribution in [2.75, 3.05) is 0 Å². The van der Waals surface area contributed by atoms with E-state index >= 15 is 0 Å². The summed E-state index contributed by atoms with van der Waals surface area (Å²) in [4.78, 5) is 31.3. The molecule has 4 N–H and O–H groups in total. The zero-order valence-corrected chi connectivity index (χ0v) is 10.3. The standard InChI is InChI=1S/C4H4F8O6P2/c5-1(6,3(9,10)19(13,14)15)2(7,8)4(11,12)20(16,17)18/h(H2,13,14,15)(H2,16,17,18). The van der Waals surface area contributed by atoms with E-state index in [0.717, 1.165) is 0 Å². The summed E-state index contributed by atoms with van der Waals surface area (Å²) in [6.07, 6.45) is 0. The van der Waals surface area contributed by atoms with Crippen molar-refractivity contribution in [2.24, 2.45) is 0 Å². The molecule has 16 heteroatoms. The summed E-state index contributed by atoms with van der Waals surface area (Å²) < 4.78 is 121. The van der Waals surface area contributed by atoms with Crippen LogP contribution >= 0.6 is 15.2 Å². The third kappa shape index (κ3) is 2.48. The van der Waals surface area contributed by atoms with E-state index < -0.39 is 38.4 Å². The highest BCUT2D eigenvalue weighted by Gasteiger charge is 2.88. The summed E-state index contributed by atoms with van der Waals surface area (Å²) in [5, 5.41) is 0. The quantitative estimate of drug-likeness (QED) is 0.438. The molecule has 6 nitrogen and oxygen atoms in total. The second-order valence-electron chi connectivity index (χ2n) is 3.32. The fourth-order valence-corrected chi connectivity index (χ4v) is 1.76. The van der Waals surface area contributed by atoms with Crippen LogP contribution in [0.4, 0.5) is 35.1 Å². The molecule has 20 heavy (non-hydrogen) atoms. The Morgan fingerprint density at radius 3 is 0.800 bits per heavy atom. The van der Waals surface area contributed by atoms with Gasteiger partial charge in [0, 0.05) is 0 Å². The Bertz CT molecular complexity index is 433. The summed E-state index contributed by atoms with van der Waals surface area (Å²) in [6.45, 7) is 0. The molecule has 0 bridgehead atoms. The second kappa shape index (κ2) is 4.62. The molecular weight excluding hydrogens is 358 g/mol. The predicted octanol–water partition coefficient (Wildman–Crippen LogP) is 1.80. The van der Waals surface area contributed by atoms with Crippen LogP contribution in [0.5, 0.6) is 0 Å². The van der Waals surface area contributed by atoms with Crippen molar-refractivity contribution in [1.29, 1.82) is 0 Å². The van der Waals surface area contributed by atoms with Gasteiger partial charge in [-0.1, -0.05) is 0 Å². The first-order chi connectivity index (χ1) is 8.25. The number of hydrogen-bond donors (Lipinski definition) is 4. The van der Waals surface area contributed by atoms with Crippen LogP contribution in [0, 0.1) is 0 Å². The molecule has 0 fully saturated rings. The molecule has 122 valence electrons. The Balaban J connectivity index is 6.22. The van der Waals surface area contributed by atoms with Crippen LogP contribution in [0.25, 0.3) is 0 Å². The van der Waals surface area contributed by atoms with E-state index in [2.05, 4.69) is 0 Å². The van der Waals surface area contributed by atoms with Gasteiger partial charge in [-0.05, 0) is 0 Å². The van der Waals surface area contributed by atoms with Crippen LogP contribution in [0.3, 0.4) is 0 Å². The Kier molecular flexibility index (Phi) is 4.56. The third-order valence-corrected chi connectivity index (χ3v) is 3.91. The number of rotatable bonds is 5. The molecule has 0 unspecified atom stereocenters. The van der Waals surface area contributed by atoms with Crippen molar-refractivity contribution >= 4 is 15.2 Å². The summed E-state index contributed by atoms with van der Waals surface area (Å²) >= 11 is 0. The molecule has 0 atom stereocenters. The average Bonchev–Trinajstić information content (AvgIpc) is 2.12. The van der Waals surface area contributed by atoms with E-state index in [-0.39, 0.29) is 0 Å². The summed E-state index contributed by atoms with van der Waals surface area (Å²) in [6, 6.07) is 0. The van der Waals surface area contributed by atoms with Crippen molar-refractivity contribution in [3.05, 3.63) is 0 Å². The van der Waals surface area contributed by atoms with Crippen molar-refractivity contribution in [3.63, 3.8) is 0 Å². The molecule has 0 saturated carbocycles. The first kappa shape index (κ1) is 19.7. The molecule has 0 aromatic rings.